The summed E-state index contributed by atoms with van der Waals surface area (Å²) in [6.07, 6.45) is 3.69. The van der Waals surface area contributed by atoms with E-state index >= 15 is 0 Å². The van der Waals surface area contributed by atoms with Crippen LogP contribution in [0.3, 0.4) is 0 Å². The molecular formula is C18H15N2OSe+. The first-order valence-electron chi connectivity index (χ1n) is 7.12. The first-order valence-corrected chi connectivity index (χ1v) is 8.84. The molecule has 1 aliphatic rings. The Morgan fingerprint density at radius 2 is 1.91 bits per heavy atom. The van der Waals surface area contributed by atoms with Crippen LogP contribution in [0.25, 0.3) is 11.3 Å². The first-order chi connectivity index (χ1) is 10.7. The second-order valence-corrected chi connectivity index (χ2v) is 7.52. The van der Waals surface area contributed by atoms with Crippen molar-refractivity contribution in [3.05, 3.63) is 60.6 Å². The van der Waals surface area contributed by atoms with E-state index in [1.54, 1.807) is 0 Å². The molecule has 0 fully saturated rings. The van der Waals surface area contributed by atoms with E-state index in [-0.39, 0.29) is 15.0 Å². The molecule has 3 nitrogen and oxygen atoms in total. The maximum absolute atomic E-state index is 6.13. The van der Waals surface area contributed by atoms with Crippen molar-refractivity contribution in [3.63, 3.8) is 0 Å². The summed E-state index contributed by atoms with van der Waals surface area (Å²) in [5, 5.41) is 0. The maximum atomic E-state index is 6.13. The van der Waals surface area contributed by atoms with Gasteiger partial charge in [-0.25, -0.2) is 0 Å². The zero-order chi connectivity index (χ0) is 15.1. The molecule has 1 aliphatic heterocycles. The van der Waals surface area contributed by atoms with Gasteiger partial charge in [-0.05, 0) is 0 Å². The van der Waals surface area contributed by atoms with Gasteiger partial charge in [0.05, 0.1) is 0 Å². The molecule has 0 saturated carbocycles. The second kappa shape index (κ2) is 5.24. The monoisotopic (exact) mass is 355 g/mol. The molecule has 4 rings (SSSR count). The third-order valence-electron chi connectivity index (χ3n) is 3.81. The average Bonchev–Trinajstić information content (AvgIpc) is 2.54. The van der Waals surface area contributed by atoms with Crippen LogP contribution in [0.1, 0.15) is 5.56 Å². The number of ether oxygens (including phenoxy) is 1. The Morgan fingerprint density at radius 1 is 1.05 bits per heavy atom. The minimum absolute atomic E-state index is 0.238. The van der Waals surface area contributed by atoms with Crippen molar-refractivity contribution in [2.45, 2.75) is 6.92 Å². The summed E-state index contributed by atoms with van der Waals surface area (Å²) in [6.45, 7) is 2.16. The fourth-order valence-corrected chi connectivity index (χ4v) is 5.12. The number of hydrogen-bond donors (Lipinski definition) is 0. The number of aromatic nitrogens is 2. The summed E-state index contributed by atoms with van der Waals surface area (Å²) in [7, 11) is 2.03. The van der Waals surface area contributed by atoms with E-state index in [4.69, 9.17) is 4.74 Å². The van der Waals surface area contributed by atoms with Crippen LogP contribution in [0.5, 0.6) is 11.5 Å². The molecule has 2 heterocycles. The van der Waals surface area contributed by atoms with Gasteiger partial charge in [0, 0.05) is 0 Å². The van der Waals surface area contributed by atoms with E-state index < -0.39 is 0 Å². The van der Waals surface area contributed by atoms with Crippen molar-refractivity contribution in [3.8, 4) is 22.8 Å². The molecular weight excluding hydrogens is 339 g/mol. The zero-order valence-corrected chi connectivity index (χ0v) is 14.1. The summed E-state index contributed by atoms with van der Waals surface area (Å²) in [5.74, 6) is 1.97. The molecule has 0 spiro atoms. The Morgan fingerprint density at radius 3 is 2.77 bits per heavy atom. The molecule has 3 aromatic rings. The number of fused-ring (bicyclic) bond motifs is 2. The number of benzene rings is 2. The third kappa shape index (κ3) is 2.12. The summed E-state index contributed by atoms with van der Waals surface area (Å²) in [6, 6.07) is 14.6. The molecule has 0 unspecified atom stereocenters. The van der Waals surface area contributed by atoms with Crippen molar-refractivity contribution in [1.82, 2.24) is 4.98 Å². The van der Waals surface area contributed by atoms with Crippen molar-refractivity contribution in [2.24, 2.45) is 7.05 Å². The van der Waals surface area contributed by atoms with Crippen LogP contribution < -0.4 is 18.2 Å². The first kappa shape index (κ1) is 13.5. The standard InChI is InChI=1S/C18H15N2OSe/c1-12-7-8-15-18(17(12)13-9-10-19-11-20(13)2)22-16-6-4-3-5-14(16)21-15/h3-11H,1-2H3/q+1. The van der Waals surface area contributed by atoms with Crippen LogP contribution in [0.2, 0.25) is 0 Å². The molecule has 22 heavy (non-hydrogen) atoms. The topological polar surface area (TPSA) is 26.0 Å². The van der Waals surface area contributed by atoms with Crippen LogP contribution in [0.4, 0.5) is 0 Å². The van der Waals surface area contributed by atoms with Gasteiger partial charge in [0.25, 0.3) is 0 Å². The molecule has 108 valence electrons. The van der Waals surface area contributed by atoms with Crippen LogP contribution in [0, 0.1) is 6.92 Å². The van der Waals surface area contributed by atoms with Crippen molar-refractivity contribution >= 4 is 23.9 Å². The molecule has 0 amide bonds. The van der Waals surface area contributed by atoms with Crippen LogP contribution >= 0.6 is 0 Å². The normalized spacial score (nSPS) is 12.3. The zero-order valence-electron chi connectivity index (χ0n) is 12.4. The Labute approximate surface area is 135 Å². The molecule has 4 heteroatoms. The Balaban J connectivity index is 1.94. The predicted octanol–water partition coefficient (Wildman–Crippen LogP) is 1.64. The van der Waals surface area contributed by atoms with E-state index in [1.807, 2.05) is 31.7 Å². The number of para-hydroxylation sites is 1. The molecule has 0 atom stereocenters. The van der Waals surface area contributed by atoms with Gasteiger partial charge in [-0.3, -0.25) is 0 Å². The molecule has 0 bridgehead atoms. The van der Waals surface area contributed by atoms with Crippen LogP contribution in [0.15, 0.2) is 55.0 Å². The Bertz CT molecular complexity index is 877. The van der Waals surface area contributed by atoms with E-state index in [2.05, 4.69) is 46.8 Å². The van der Waals surface area contributed by atoms with Gasteiger partial charge < -0.3 is 0 Å². The van der Waals surface area contributed by atoms with E-state index in [9.17, 15) is 0 Å². The van der Waals surface area contributed by atoms with E-state index in [0.29, 0.717) is 0 Å². The van der Waals surface area contributed by atoms with Crippen molar-refractivity contribution in [1.29, 1.82) is 0 Å². The molecule has 0 N–H and O–H groups in total. The number of aryl methyl sites for hydroxylation is 2. The Kier molecular flexibility index (Phi) is 3.21. The Hall–Kier alpha value is -2.16. The fraction of sp³-hybridized carbons (Fsp3) is 0.111. The van der Waals surface area contributed by atoms with Gasteiger partial charge >= 0.3 is 135 Å². The van der Waals surface area contributed by atoms with Gasteiger partial charge in [-0.2, -0.15) is 0 Å². The van der Waals surface area contributed by atoms with Crippen LogP contribution in [-0.2, 0) is 7.05 Å². The predicted molar refractivity (Wildman–Crippen MR) is 87.1 cm³/mol. The second-order valence-electron chi connectivity index (χ2n) is 5.31. The summed E-state index contributed by atoms with van der Waals surface area (Å²) < 4.78 is 10.8. The average molecular weight is 354 g/mol. The van der Waals surface area contributed by atoms with Gasteiger partial charge in [0.2, 0.25) is 0 Å². The van der Waals surface area contributed by atoms with E-state index in [0.717, 1.165) is 11.5 Å². The number of rotatable bonds is 1. The van der Waals surface area contributed by atoms with Gasteiger partial charge in [-0.1, -0.05) is 0 Å². The van der Waals surface area contributed by atoms with Gasteiger partial charge in [0.15, 0.2) is 0 Å². The molecule has 1 aromatic heterocycles. The van der Waals surface area contributed by atoms with E-state index in [1.165, 1.54) is 25.7 Å². The van der Waals surface area contributed by atoms with Gasteiger partial charge in [-0.15, -0.1) is 0 Å². The fourth-order valence-electron chi connectivity index (χ4n) is 2.70. The SMILES string of the molecule is Cc1ccc2c(c1-c1ccnc[n+]1C)[Se]c1ccccc1O2. The summed E-state index contributed by atoms with van der Waals surface area (Å²) in [5.41, 5.74) is 3.72. The molecule has 0 aliphatic carbocycles. The molecule has 0 radical (unpaired) electrons. The van der Waals surface area contributed by atoms with Crippen molar-refractivity contribution < 1.29 is 9.30 Å². The quantitative estimate of drug-likeness (QED) is 0.384. The minimum atomic E-state index is 0.238. The van der Waals surface area contributed by atoms with Gasteiger partial charge in [0.1, 0.15) is 0 Å². The number of hydrogen-bond acceptors (Lipinski definition) is 2. The molecule has 2 aromatic carbocycles. The molecule has 0 saturated heterocycles. The number of nitrogens with zero attached hydrogens (tertiary/aromatic N) is 2. The summed E-state index contributed by atoms with van der Waals surface area (Å²) in [4.78, 5) is 4.18. The van der Waals surface area contributed by atoms with Crippen LogP contribution in [-0.4, -0.2) is 19.9 Å². The third-order valence-corrected chi connectivity index (χ3v) is 6.25. The van der Waals surface area contributed by atoms with Crippen molar-refractivity contribution in [2.75, 3.05) is 0 Å². The summed E-state index contributed by atoms with van der Waals surface area (Å²) >= 11 is 0.238.